The summed E-state index contributed by atoms with van der Waals surface area (Å²) in [6.45, 7) is 4.02. The van der Waals surface area contributed by atoms with E-state index in [0.29, 0.717) is 25.8 Å². The molecule has 0 N–H and O–H groups in total. The maximum atomic E-state index is 12.8. The van der Waals surface area contributed by atoms with E-state index < -0.39 is 5.79 Å². The number of nitrogens with zero attached hydrogens (tertiary/aromatic N) is 1. The Morgan fingerprint density at radius 1 is 1.26 bits per heavy atom. The fraction of sp³-hybridized carbons (Fsp3) is 0.611. The van der Waals surface area contributed by atoms with Gasteiger partial charge in [0.2, 0.25) is 5.91 Å². The highest BCUT2D eigenvalue weighted by Gasteiger charge is 2.40. The van der Waals surface area contributed by atoms with E-state index in [-0.39, 0.29) is 11.8 Å². The van der Waals surface area contributed by atoms with E-state index in [1.807, 2.05) is 25.1 Å². The van der Waals surface area contributed by atoms with E-state index >= 15 is 0 Å². The lowest BCUT2D eigenvalue weighted by atomic mass is 9.97. The van der Waals surface area contributed by atoms with Crippen molar-refractivity contribution in [2.75, 3.05) is 17.6 Å². The molecule has 0 aromatic heterocycles. The van der Waals surface area contributed by atoms with E-state index in [2.05, 4.69) is 39.6 Å². The highest BCUT2D eigenvalue weighted by atomic mass is 127. The van der Waals surface area contributed by atoms with E-state index in [4.69, 9.17) is 9.47 Å². The number of hydrogen-bond donors (Lipinski definition) is 0. The van der Waals surface area contributed by atoms with Crippen LogP contribution in [0.15, 0.2) is 30.3 Å². The molecule has 2 heterocycles. The van der Waals surface area contributed by atoms with Crippen LogP contribution in [-0.2, 0) is 20.8 Å². The third-order valence-electron chi connectivity index (χ3n) is 4.85. The molecule has 5 heteroatoms. The Morgan fingerprint density at radius 2 is 1.96 bits per heavy atom. The van der Waals surface area contributed by atoms with Gasteiger partial charge in [-0.25, -0.2) is 0 Å². The molecule has 1 aromatic rings. The van der Waals surface area contributed by atoms with Crippen LogP contribution in [0.1, 0.15) is 31.7 Å². The Morgan fingerprint density at radius 3 is 2.61 bits per heavy atom. The normalized spacial score (nSPS) is 26.9. The van der Waals surface area contributed by atoms with Crippen LogP contribution in [0.2, 0.25) is 0 Å². The molecule has 23 heavy (non-hydrogen) atoms. The van der Waals surface area contributed by atoms with Gasteiger partial charge >= 0.3 is 0 Å². The summed E-state index contributed by atoms with van der Waals surface area (Å²) >= 11 is 2.39. The van der Waals surface area contributed by atoms with Crippen LogP contribution in [0.4, 0.5) is 0 Å². The van der Waals surface area contributed by atoms with Crippen molar-refractivity contribution in [3.63, 3.8) is 0 Å². The Kier molecular flexibility index (Phi) is 5.59. The second kappa shape index (κ2) is 7.49. The van der Waals surface area contributed by atoms with Gasteiger partial charge in [-0.15, -0.1) is 0 Å². The van der Waals surface area contributed by atoms with Gasteiger partial charge in [0.1, 0.15) is 0 Å². The van der Waals surface area contributed by atoms with E-state index in [0.717, 1.165) is 23.7 Å². The van der Waals surface area contributed by atoms with Crippen LogP contribution in [-0.4, -0.2) is 40.3 Å². The molecule has 3 rings (SSSR count). The Hall–Kier alpha value is -0.660. The minimum atomic E-state index is -0.493. The molecular formula is C18H24INO3. The zero-order valence-corrected chi connectivity index (χ0v) is 15.7. The lowest BCUT2D eigenvalue weighted by Crippen LogP contribution is -2.34. The Balaban J connectivity index is 1.61. The standard InChI is InChI=1S/C18H24INO3/c1-18(22-9-10-23-18)8-7-15-11-16(12-19)20(17(15)21)13-14-5-3-2-4-6-14/h2-6,15-16H,7-13H2,1H3/t15-,16-/m0/s1. The van der Waals surface area contributed by atoms with Crippen LogP contribution in [0, 0.1) is 5.92 Å². The molecule has 1 amide bonds. The molecule has 0 radical (unpaired) electrons. The van der Waals surface area contributed by atoms with Crippen molar-refractivity contribution in [3.05, 3.63) is 35.9 Å². The summed E-state index contributed by atoms with van der Waals surface area (Å²) in [5, 5.41) is 0. The molecule has 2 fully saturated rings. The number of halogens is 1. The number of amides is 1. The third-order valence-corrected chi connectivity index (χ3v) is 5.87. The topological polar surface area (TPSA) is 38.8 Å². The number of hydrogen-bond acceptors (Lipinski definition) is 3. The molecule has 2 aliphatic heterocycles. The van der Waals surface area contributed by atoms with Gasteiger partial charge in [-0.3, -0.25) is 4.79 Å². The van der Waals surface area contributed by atoms with Crippen molar-refractivity contribution >= 4 is 28.5 Å². The monoisotopic (exact) mass is 429 g/mol. The second-order valence-electron chi connectivity index (χ2n) is 6.56. The fourth-order valence-electron chi connectivity index (χ4n) is 3.48. The summed E-state index contributed by atoms with van der Waals surface area (Å²) < 4.78 is 12.3. The molecule has 126 valence electrons. The van der Waals surface area contributed by atoms with Crippen molar-refractivity contribution in [3.8, 4) is 0 Å². The van der Waals surface area contributed by atoms with Crippen LogP contribution >= 0.6 is 22.6 Å². The van der Waals surface area contributed by atoms with Crippen molar-refractivity contribution in [1.29, 1.82) is 0 Å². The summed E-state index contributed by atoms with van der Waals surface area (Å²) in [5.74, 6) is -0.104. The molecule has 4 nitrogen and oxygen atoms in total. The Labute approximate surface area is 151 Å². The maximum Gasteiger partial charge on any atom is 0.226 e. The van der Waals surface area contributed by atoms with Crippen LogP contribution in [0.5, 0.6) is 0 Å². The molecule has 0 unspecified atom stereocenters. The van der Waals surface area contributed by atoms with Gasteiger partial charge in [0.15, 0.2) is 5.79 Å². The van der Waals surface area contributed by atoms with Gasteiger partial charge in [0.05, 0.1) is 13.2 Å². The smallest absolute Gasteiger partial charge is 0.226 e. The van der Waals surface area contributed by atoms with Crippen LogP contribution < -0.4 is 0 Å². The first kappa shape index (κ1) is 17.2. The molecule has 1 aromatic carbocycles. The van der Waals surface area contributed by atoms with Crippen molar-refractivity contribution in [2.24, 2.45) is 5.92 Å². The highest BCUT2D eigenvalue weighted by molar-refractivity contribution is 14.1. The van der Waals surface area contributed by atoms with Crippen LogP contribution in [0.25, 0.3) is 0 Å². The summed E-state index contributed by atoms with van der Waals surface area (Å²) in [6, 6.07) is 10.6. The summed E-state index contributed by atoms with van der Waals surface area (Å²) in [5.41, 5.74) is 1.20. The van der Waals surface area contributed by atoms with Gasteiger partial charge in [-0.2, -0.15) is 0 Å². The molecule has 2 saturated heterocycles. The summed E-state index contributed by atoms with van der Waals surface area (Å²) in [4.78, 5) is 14.9. The number of benzene rings is 1. The summed E-state index contributed by atoms with van der Waals surface area (Å²) in [6.07, 6.45) is 2.58. The zero-order chi connectivity index (χ0) is 16.3. The highest BCUT2D eigenvalue weighted by Crippen LogP contribution is 2.34. The van der Waals surface area contributed by atoms with E-state index in [1.165, 1.54) is 5.56 Å². The third kappa shape index (κ3) is 4.06. The SMILES string of the molecule is CC1(CC[C@H]2C[C@@H](CI)N(Cc3ccccc3)C2=O)OCCO1. The second-order valence-corrected chi connectivity index (χ2v) is 7.44. The average molecular weight is 429 g/mol. The van der Waals surface area contributed by atoms with E-state index in [9.17, 15) is 4.79 Å². The van der Waals surface area contributed by atoms with Gasteiger partial charge < -0.3 is 14.4 Å². The Bertz CT molecular complexity index is 530. The molecular weight excluding hydrogens is 405 g/mol. The number of likely N-dealkylation sites (tertiary alicyclic amines) is 1. The molecule has 2 aliphatic rings. The molecule has 0 bridgehead atoms. The van der Waals surface area contributed by atoms with Crippen molar-refractivity contribution in [1.82, 2.24) is 4.90 Å². The largest absolute Gasteiger partial charge is 0.348 e. The summed E-state index contributed by atoms with van der Waals surface area (Å²) in [7, 11) is 0. The number of carbonyl (C=O) groups excluding carboxylic acids is 1. The fourth-order valence-corrected chi connectivity index (χ4v) is 4.32. The maximum absolute atomic E-state index is 12.8. The number of alkyl halides is 1. The van der Waals surface area contributed by atoms with Gasteiger partial charge in [0, 0.05) is 29.4 Å². The van der Waals surface area contributed by atoms with Gasteiger partial charge in [-0.1, -0.05) is 52.9 Å². The average Bonchev–Trinajstić information content (AvgIpc) is 3.12. The quantitative estimate of drug-likeness (QED) is 0.514. The first-order valence-corrected chi connectivity index (χ1v) is 9.82. The number of carbonyl (C=O) groups is 1. The predicted molar refractivity (Wildman–Crippen MR) is 97.3 cm³/mol. The van der Waals surface area contributed by atoms with Gasteiger partial charge in [0.25, 0.3) is 0 Å². The number of ether oxygens (including phenoxy) is 2. The minimum Gasteiger partial charge on any atom is -0.348 e. The molecule has 2 atom stereocenters. The minimum absolute atomic E-state index is 0.100. The van der Waals surface area contributed by atoms with Crippen molar-refractivity contribution in [2.45, 2.75) is 44.6 Å². The lowest BCUT2D eigenvalue weighted by molar-refractivity contribution is -0.151. The molecule has 0 saturated carbocycles. The van der Waals surface area contributed by atoms with Gasteiger partial charge in [-0.05, 0) is 25.3 Å². The predicted octanol–water partition coefficient (Wildman–Crippen LogP) is 3.38. The first-order valence-electron chi connectivity index (χ1n) is 8.29. The van der Waals surface area contributed by atoms with Crippen LogP contribution in [0.3, 0.4) is 0 Å². The molecule has 0 aliphatic carbocycles. The first-order chi connectivity index (χ1) is 11.1. The lowest BCUT2D eigenvalue weighted by Gasteiger charge is -2.24. The van der Waals surface area contributed by atoms with E-state index in [1.54, 1.807) is 0 Å². The van der Waals surface area contributed by atoms with Crippen molar-refractivity contribution < 1.29 is 14.3 Å². The molecule has 0 spiro atoms. The zero-order valence-electron chi connectivity index (χ0n) is 13.5. The number of rotatable bonds is 6.